The molecule has 0 spiro atoms. The zero-order valence-electron chi connectivity index (χ0n) is 8.02. The molecule has 0 saturated heterocycles. The smallest absolute Gasteiger partial charge is 0.194 e. The standard InChI is InChI=1S/C11H6BrFN2S/c12-7-1-2-8(9(13)5-7)10-6-15-3-4-16-11(15)14-10/h1-6H. The van der Waals surface area contributed by atoms with E-state index < -0.39 is 0 Å². The van der Waals surface area contributed by atoms with Gasteiger partial charge in [-0.15, -0.1) is 11.3 Å². The fourth-order valence-corrected chi connectivity index (χ4v) is 2.59. The SMILES string of the molecule is Fc1cc(Br)ccc1-c1cn2ccsc2n1. The van der Waals surface area contributed by atoms with Crippen LogP contribution in [-0.4, -0.2) is 9.38 Å². The molecule has 0 saturated carbocycles. The molecule has 3 rings (SSSR count). The molecule has 2 heterocycles. The van der Waals surface area contributed by atoms with Crippen molar-refractivity contribution in [2.45, 2.75) is 0 Å². The number of fused-ring (bicyclic) bond motifs is 1. The van der Waals surface area contributed by atoms with Gasteiger partial charge >= 0.3 is 0 Å². The summed E-state index contributed by atoms with van der Waals surface area (Å²) in [5.74, 6) is -0.264. The number of aromatic nitrogens is 2. The molecule has 0 aliphatic carbocycles. The van der Waals surface area contributed by atoms with Crippen LogP contribution in [0.5, 0.6) is 0 Å². The first-order valence-electron chi connectivity index (χ1n) is 4.62. The van der Waals surface area contributed by atoms with E-state index in [1.807, 2.05) is 28.2 Å². The number of hydrogen-bond donors (Lipinski definition) is 0. The van der Waals surface area contributed by atoms with Gasteiger partial charge in [0.05, 0.1) is 5.69 Å². The van der Waals surface area contributed by atoms with Crippen LogP contribution in [0.3, 0.4) is 0 Å². The van der Waals surface area contributed by atoms with Gasteiger partial charge in [0.15, 0.2) is 4.96 Å². The normalized spacial score (nSPS) is 11.1. The van der Waals surface area contributed by atoms with Crippen molar-refractivity contribution in [3.63, 3.8) is 0 Å². The average molecular weight is 297 g/mol. The molecule has 5 heteroatoms. The summed E-state index contributed by atoms with van der Waals surface area (Å²) in [5, 5.41) is 1.95. The van der Waals surface area contributed by atoms with Gasteiger partial charge in [0.25, 0.3) is 0 Å². The molecule has 0 fully saturated rings. The quantitative estimate of drug-likeness (QED) is 0.664. The van der Waals surface area contributed by atoms with Gasteiger partial charge in [0, 0.05) is 27.8 Å². The first-order chi connectivity index (χ1) is 7.74. The lowest BCUT2D eigenvalue weighted by molar-refractivity contribution is 0.630. The molecule has 0 radical (unpaired) electrons. The third-order valence-corrected chi connectivity index (χ3v) is 3.56. The van der Waals surface area contributed by atoms with E-state index in [4.69, 9.17) is 0 Å². The van der Waals surface area contributed by atoms with Crippen LogP contribution in [0.2, 0.25) is 0 Å². The summed E-state index contributed by atoms with van der Waals surface area (Å²) in [7, 11) is 0. The second-order valence-corrected chi connectivity index (χ2v) is 5.13. The largest absolute Gasteiger partial charge is 0.297 e. The lowest BCUT2D eigenvalue weighted by atomic mass is 10.1. The lowest BCUT2D eigenvalue weighted by Crippen LogP contribution is -1.83. The predicted octanol–water partition coefficient (Wildman–Crippen LogP) is 3.96. The Morgan fingerprint density at radius 1 is 1.38 bits per heavy atom. The van der Waals surface area contributed by atoms with Crippen LogP contribution in [-0.2, 0) is 0 Å². The van der Waals surface area contributed by atoms with Crippen molar-refractivity contribution in [2.75, 3.05) is 0 Å². The molecule has 3 aromatic rings. The first kappa shape index (κ1) is 9.99. The molecule has 0 bridgehead atoms. The molecule has 0 aliphatic rings. The third kappa shape index (κ3) is 1.56. The van der Waals surface area contributed by atoms with E-state index >= 15 is 0 Å². The summed E-state index contributed by atoms with van der Waals surface area (Å²) < 4.78 is 16.3. The Morgan fingerprint density at radius 2 is 2.25 bits per heavy atom. The minimum Gasteiger partial charge on any atom is -0.297 e. The number of hydrogen-bond acceptors (Lipinski definition) is 2. The Kier molecular flexibility index (Phi) is 2.29. The van der Waals surface area contributed by atoms with Gasteiger partial charge in [-0.2, -0.15) is 0 Å². The van der Waals surface area contributed by atoms with Crippen LogP contribution >= 0.6 is 27.3 Å². The summed E-state index contributed by atoms with van der Waals surface area (Å²) in [4.78, 5) is 5.23. The number of thiazole rings is 1. The number of nitrogens with zero attached hydrogens (tertiary/aromatic N) is 2. The van der Waals surface area contributed by atoms with E-state index in [0.29, 0.717) is 11.3 Å². The predicted molar refractivity (Wildman–Crippen MR) is 66.2 cm³/mol. The minimum absolute atomic E-state index is 0.264. The van der Waals surface area contributed by atoms with Gasteiger partial charge in [0.2, 0.25) is 0 Å². The van der Waals surface area contributed by atoms with E-state index in [9.17, 15) is 4.39 Å². The molecular weight excluding hydrogens is 291 g/mol. The first-order valence-corrected chi connectivity index (χ1v) is 6.29. The van der Waals surface area contributed by atoms with Crippen LogP contribution in [0.15, 0.2) is 40.4 Å². The molecule has 0 unspecified atom stereocenters. The number of imidazole rings is 1. The zero-order valence-corrected chi connectivity index (χ0v) is 10.4. The van der Waals surface area contributed by atoms with E-state index in [-0.39, 0.29) is 5.82 Å². The summed E-state index contributed by atoms with van der Waals surface area (Å²) in [6, 6.07) is 4.99. The summed E-state index contributed by atoms with van der Waals surface area (Å²) in [6.07, 6.45) is 3.74. The monoisotopic (exact) mass is 296 g/mol. The fourth-order valence-electron chi connectivity index (χ4n) is 1.55. The maximum absolute atomic E-state index is 13.7. The molecule has 80 valence electrons. The van der Waals surface area contributed by atoms with Crippen LogP contribution in [0, 0.1) is 5.82 Å². The van der Waals surface area contributed by atoms with Gasteiger partial charge in [-0.3, -0.25) is 4.40 Å². The van der Waals surface area contributed by atoms with Gasteiger partial charge < -0.3 is 0 Å². The lowest BCUT2D eigenvalue weighted by Gasteiger charge is -1.98. The van der Waals surface area contributed by atoms with Crippen LogP contribution in [0.4, 0.5) is 4.39 Å². The van der Waals surface area contributed by atoms with Gasteiger partial charge in [-0.05, 0) is 18.2 Å². The molecule has 0 atom stereocenters. The van der Waals surface area contributed by atoms with Crippen molar-refractivity contribution >= 4 is 32.2 Å². The Morgan fingerprint density at radius 3 is 3.00 bits per heavy atom. The van der Waals surface area contributed by atoms with Crippen molar-refractivity contribution in [1.82, 2.24) is 9.38 Å². The van der Waals surface area contributed by atoms with Crippen molar-refractivity contribution in [3.8, 4) is 11.3 Å². The van der Waals surface area contributed by atoms with Crippen molar-refractivity contribution in [2.24, 2.45) is 0 Å². The maximum Gasteiger partial charge on any atom is 0.194 e. The molecule has 0 aliphatic heterocycles. The molecule has 2 aromatic heterocycles. The van der Waals surface area contributed by atoms with Crippen molar-refractivity contribution in [3.05, 3.63) is 46.3 Å². The van der Waals surface area contributed by atoms with E-state index in [1.54, 1.807) is 6.07 Å². The summed E-state index contributed by atoms with van der Waals surface area (Å²) in [6.45, 7) is 0. The summed E-state index contributed by atoms with van der Waals surface area (Å²) >= 11 is 4.76. The van der Waals surface area contributed by atoms with E-state index in [2.05, 4.69) is 20.9 Å². The maximum atomic E-state index is 13.7. The second kappa shape index (κ2) is 3.68. The molecule has 0 N–H and O–H groups in total. The molecule has 2 nitrogen and oxygen atoms in total. The van der Waals surface area contributed by atoms with Crippen LogP contribution in [0.25, 0.3) is 16.2 Å². The highest BCUT2D eigenvalue weighted by molar-refractivity contribution is 9.10. The topological polar surface area (TPSA) is 17.3 Å². The molecule has 16 heavy (non-hydrogen) atoms. The van der Waals surface area contributed by atoms with E-state index in [0.717, 1.165) is 9.43 Å². The number of benzene rings is 1. The van der Waals surface area contributed by atoms with Crippen molar-refractivity contribution < 1.29 is 4.39 Å². The van der Waals surface area contributed by atoms with Crippen molar-refractivity contribution in [1.29, 1.82) is 0 Å². The van der Waals surface area contributed by atoms with E-state index in [1.165, 1.54) is 17.4 Å². The molecule has 0 amide bonds. The van der Waals surface area contributed by atoms with Gasteiger partial charge in [0.1, 0.15) is 5.82 Å². The Hall–Kier alpha value is -1.20. The molecular formula is C11H6BrFN2S. The Bertz CT molecular complexity index is 630. The number of rotatable bonds is 1. The highest BCUT2D eigenvalue weighted by atomic mass is 79.9. The Balaban J connectivity index is 2.19. The highest BCUT2D eigenvalue weighted by Crippen LogP contribution is 2.26. The fraction of sp³-hybridized carbons (Fsp3) is 0. The average Bonchev–Trinajstić information content (AvgIpc) is 2.76. The van der Waals surface area contributed by atoms with Crippen LogP contribution < -0.4 is 0 Å². The van der Waals surface area contributed by atoms with Gasteiger partial charge in [-0.25, -0.2) is 9.37 Å². The Labute approximate surface area is 103 Å². The minimum atomic E-state index is -0.264. The third-order valence-electron chi connectivity index (χ3n) is 2.30. The highest BCUT2D eigenvalue weighted by Gasteiger charge is 2.09. The summed E-state index contributed by atoms with van der Waals surface area (Å²) in [5.41, 5.74) is 1.19. The number of halogens is 2. The zero-order chi connectivity index (χ0) is 11.1. The second-order valence-electron chi connectivity index (χ2n) is 3.34. The molecule has 1 aromatic carbocycles. The van der Waals surface area contributed by atoms with Gasteiger partial charge in [-0.1, -0.05) is 15.9 Å². The van der Waals surface area contributed by atoms with Crippen LogP contribution in [0.1, 0.15) is 0 Å².